The van der Waals surface area contributed by atoms with Gasteiger partial charge in [0, 0.05) is 27.2 Å². The summed E-state index contributed by atoms with van der Waals surface area (Å²) in [5.74, 6) is -1.86. The van der Waals surface area contributed by atoms with Gasteiger partial charge in [-0.25, -0.2) is 4.98 Å². The van der Waals surface area contributed by atoms with E-state index in [2.05, 4.69) is 4.98 Å². The van der Waals surface area contributed by atoms with Gasteiger partial charge in [-0.15, -0.1) is 11.3 Å². The topological polar surface area (TPSA) is 70.5 Å². The van der Waals surface area contributed by atoms with E-state index in [-0.39, 0.29) is 11.3 Å². The number of carbonyl (C=O) groups is 2. The van der Waals surface area contributed by atoms with Crippen LogP contribution in [0.15, 0.2) is 65.7 Å². The number of aliphatic hydroxyl groups is 1. The molecule has 0 saturated carbocycles. The molecule has 8 heteroatoms. The fraction of sp³-hybridized carbons (Fsp3) is 0.0500. The maximum absolute atomic E-state index is 12.9. The van der Waals surface area contributed by atoms with E-state index >= 15 is 0 Å². The molecule has 1 aromatic heterocycles. The SMILES string of the molecule is O=C1C(=O)N(c2nccs2)C(c2ccccc2Cl)/C1=C(\O)c1ccc(Cl)cc1. The molecule has 2 heterocycles. The first-order valence-electron chi connectivity index (χ1n) is 8.20. The van der Waals surface area contributed by atoms with Crippen LogP contribution in [0.4, 0.5) is 5.13 Å². The van der Waals surface area contributed by atoms with Crippen molar-refractivity contribution in [2.75, 3.05) is 4.90 Å². The molecule has 28 heavy (non-hydrogen) atoms. The van der Waals surface area contributed by atoms with E-state index in [1.807, 2.05) is 0 Å². The highest BCUT2D eigenvalue weighted by Gasteiger charge is 2.48. The lowest BCUT2D eigenvalue weighted by Crippen LogP contribution is -2.29. The molecule has 140 valence electrons. The predicted molar refractivity (Wildman–Crippen MR) is 110 cm³/mol. The van der Waals surface area contributed by atoms with Gasteiger partial charge in [0.1, 0.15) is 5.76 Å². The van der Waals surface area contributed by atoms with Crippen molar-refractivity contribution in [3.05, 3.63) is 86.9 Å². The van der Waals surface area contributed by atoms with Gasteiger partial charge in [0.15, 0.2) is 5.13 Å². The lowest BCUT2D eigenvalue weighted by Gasteiger charge is -2.23. The molecule has 1 atom stereocenters. The molecule has 3 aromatic rings. The number of nitrogens with zero attached hydrogens (tertiary/aromatic N) is 2. The smallest absolute Gasteiger partial charge is 0.301 e. The number of benzene rings is 2. The van der Waals surface area contributed by atoms with Crippen molar-refractivity contribution in [3.63, 3.8) is 0 Å². The number of amides is 1. The Morgan fingerprint density at radius 2 is 1.79 bits per heavy atom. The Morgan fingerprint density at radius 1 is 1.07 bits per heavy atom. The van der Waals surface area contributed by atoms with E-state index in [0.717, 1.165) is 0 Å². The Hall–Kier alpha value is -2.67. The lowest BCUT2D eigenvalue weighted by atomic mass is 9.95. The molecular weight excluding hydrogens is 419 g/mol. The summed E-state index contributed by atoms with van der Waals surface area (Å²) in [5, 5.41) is 13.8. The molecule has 5 nitrogen and oxygen atoms in total. The fourth-order valence-electron chi connectivity index (χ4n) is 3.12. The zero-order chi connectivity index (χ0) is 19.8. The standard InChI is InChI=1S/C20H12Cl2N2O3S/c21-12-7-5-11(6-8-12)17(25)15-16(13-3-1-2-4-14(13)22)24(19(27)18(15)26)20-23-9-10-28-20/h1-10,16,25H/b17-15+. The quantitative estimate of drug-likeness (QED) is 0.357. The second-order valence-corrected chi connectivity index (χ2v) is 7.73. The van der Waals surface area contributed by atoms with Crippen LogP contribution in [-0.2, 0) is 9.59 Å². The number of aromatic nitrogens is 1. The summed E-state index contributed by atoms with van der Waals surface area (Å²) in [5.41, 5.74) is 0.850. The molecule has 2 aromatic carbocycles. The molecule has 1 amide bonds. The van der Waals surface area contributed by atoms with Crippen LogP contribution in [0.25, 0.3) is 5.76 Å². The molecule has 1 aliphatic heterocycles. The number of Topliss-reactive ketones (excluding diaryl/α,β-unsaturated/α-hetero) is 1. The molecule has 0 aliphatic carbocycles. The molecule has 0 radical (unpaired) electrons. The van der Waals surface area contributed by atoms with Crippen LogP contribution in [0.1, 0.15) is 17.2 Å². The molecule has 4 rings (SSSR count). The molecular formula is C20H12Cl2N2O3S. The maximum Gasteiger partial charge on any atom is 0.301 e. The number of ketones is 1. The molecule has 0 bridgehead atoms. The summed E-state index contributed by atoms with van der Waals surface area (Å²) in [7, 11) is 0. The van der Waals surface area contributed by atoms with Crippen LogP contribution in [0.5, 0.6) is 0 Å². The normalized spacial score (nSPS) is 18.6. The minimum Gasteiger partial charge on any atom is -0.507 e. The fourth-order valence-corrected chi connectivity index (χ4v) is 4.15. The van der Waals surface area contributed by atoms with E-state index in [1.165, 1.54) is 16.2 Å². The zero-order valence-electron chi connectivity index (χ0n) is 14.2. The second kappa shape index (κ2) is 7.39. The second-order valence-electron chi connectivity index (χ2n) is 6.01. The monoisotopic (exact) mass is 430 g/mol. The summed E-state index contributed by atoms with van der Waals surface area (Å²) < 4.78 is 0. The summed E-state index contributed by atoms with van der Waals surface area (Å²) in [4.78, 5) is 31.2. The number of halogens is 2. The summed E-state index contributed by atoms with van der Waals surface area (Å²) in [6.45, 7) is 0. The summed E-state index contributed by atoms with van der Waals surface area (Å²) in [6, 6.07) is 12.4. The van der Waals surface area contributed by atoms with Crippen LogP contribution in [0.3, 0.4) is 0 Å². The number of thiazole rings is 1. The van der Waals surface area contributed by atoms with Crippen LogP contribution >= 0.6 is 34.5 Å². The number of aliphatic hydroxyl groups excluding tert-OH is 1. The van der Waals surface area contributed by atoms with Crippen molar-refractivity contribution in [1.29, 1.82) is 0 Å². The maximum atomic E-state index is 12.9. The van der Waals surface area contributed by atoms with E-state index in [1.54, 1.807) is 60.1 Å². The van der Waals surface area contributed by atoms with Crippen molar-refractivity contribution in [2.45, 2.75) is 6.04 Å². The Morgan fingerprint density at radius 3 is 2.43 bits per heavy atom. The van der Waals surface area contributed by atoms with Gasteiger partial charge >= 0.3 is 5.91 Å². The number of hydrogen-bond acceptors (Lipinski definition) is 5. The van der Waals surface area contributed by atoms with E-state index in [9.17, 15) is 14.7 Å². The third-order valence-corrected chi connectivity index (χ3v) is 5.75. The van der Waals surface area contributed by atoms with E-state index in [0.29, 0.717) is 26.3 Å². The predicted octanol–water partition coefficient (Wildman–Crippen LogP) is 5.08. The Labute approximate surface area is 174 Å². The van der Waals surface area contributed by atoms with Gasteiger partial charge in [0.2, 0.25) is 0 Å². The van der Waals surface area contributed by atoms with Crippen LogP contribution < -0.4 is 4.90 Å². The highest BCUT2D eigenvalue weighted by Crippen LogP contribution is 2.44. The number of rotatable bonds is 3. The highest BCUT2D eigenvalue weighted by atomic mass is 35.5. The Balaban J connectivity index is 1.96. The number of anilines is 1. The van der Waals surface area contributed by atoms with Crippen LogP contribution in [-0.4, -0.2) is 21.8 Å². The molecule has 1 unspecified atom stereocenters. The van der Waals surface area contributed by atoms with Gasteiger partial charge in [-0.05, 0) is 35.9 Å². The molecule has 0 spiro atoms. The van der Waals surface area contributed by atoms with Gasteiger partial charge in [-0.1, -0.05) is 41.4 Å². The van der Waals surface area contributed by atoms with Gasteiger partial charge < -0.3 is 5.11 Å². The van der Waals surface area contributed by atoms with Crippen molar-refractivity contribution >= 4 is 57.1 Å². The van der Waals surface area contributed by atoms with E-state index < -0.39 is 17.7 Å². The van der Waals surface area contributed by atoms with Crippen molar-refractivity contribution in [3.8, 4) is 0 Å². The van der Waals surface area contributed by atoms with Gasteiger partial charge in [0.25, 0.3) is 5.78 Å². The average Bonchev–Trinajstić information content (AvgIpc) is 3.30. The van der Waals surface area contributed by atoms with Crippen molar-refractivity contribution in [1.82, 2.24) is 4.98 Å². The minimum atomic E-state index is -0.893. The average molecular weight is 431 g/mol. The Kier molecular flexibility index (Phi) is 4.93. The lowest BCUT2D eigenvalue weighted by molar-refractivity contribution is -0.132. The molecule has 1 aliphatic rings. The first kappa shape index (κ1) is 18.7. The summed E-state index contributed by atoms with van der Waals surface area (Å²) in [6.07, 6.45) is 1.54. The largest absolute Gasteiger partial charge is 0.507 e. The highest BCUT2D eigenvalue weighted by molar-refractivity contribution is 7.14. The number of carbonyl (C=O) groups excluding carboxylic acids is 2. The van der Waals surface area contributed by atoms with Crippen LogP contribution in [0, 0.1) is 0 Å². The van der Waals surface area contributed by atoms with Crippen molar-refractivity contribution < 1.29 is 14.7 Å². The molecule has 1 saturated heterocycles. The molecule has 1 fully saturated rings. The third kappa shape index (κ3) is 3.09. The Bertz CT molecular complexity index is 1090. The zero-order valence-corrected chi connectivity index (χ0v) is 16.5. The van der Waals surface area contributed by atoms with Gasteiger partial charge in [-0.2, -0.15) is 0 Å². The van der Waals surface area contributed by atoms with Crippen molar-refractivity contribution in [2.24, 2.45) is 0 Å². The number of hydrogen-bond donors (Lipinski definition) is 1. The molecule has 1 N–H and O–H groups in total. The van der Waals surface area contributed by atoms with Gasteiger partial charge in [0.05, 0.1) is 11.6 Å². The first-order chi connectivity index (χ1) is 13.5. The minimum absolute atomic E-state index is 0.0457. The van der Waals surface area contributed by atoms with Gasteiger partial charge in [-0.3, -0.25) is 14.5 Å². The van der Waals surface area contributed by atoms with E-state index in [4.69, 9.17) is 23.2 Å². The first-order valence-corrected chi connectivity index (χ1v) is 9.83. The third-order valence-electron chi connectivity index (χ3n) is 4.39. The summed E-state index contributed by atoms with van der Waals surface area (Å²) >= 11 is 13.5. The van der Waals surface area contributed by atoms with Crippen LogP contribution in [0.2, 0.25) is 10.0 Å².